The molecule has 4 aromatic rings. The van der Waals surface area contributed by atoms with Crippen LogP contribution in [0.2, 0.25) is 0 Å². The molecule has 1 N–H and O–H groups in total. The lowest BCUT2D eigenvalue weighted by molar-refractivity contribution is -0.120. The van der Waals surface area contributed by atoms with E-state index in [0.29, 0.717) is 13.0 Å². The van der Waals surface area contributed by atoms with Gasteiger partial charge in [0, 0.05) is 18.7 Å². The number of aromatic nitrogens is 2. The van der Waals surface area contributed by atoms with Gasteiger partial charge in [-0.25, -0.2) is 4.68 Å². The molecule has 0 spiro atoms. The maximum absolute atomic E-state index is 12.5. The van der Waals surface area contributed by atoms with E-state index in [9.17, 15) is 4.79 Å². The van der Waals surface area contributed by atoms with Crippen LogP contribution in [0.1, 0.15) is 28.1 Å². The minimum Gasteiger partial charge on any atom is -0.493 e. The van der Waals surface area contributed by atoms with Crippen LogP contribution in [0.25, 0.3) is 16.8 Å². The number of fused-ring (bicyclic) bond motifs is 1. The van der Waals surface area contributed by atoms with E-state index in [-0.39, 0.29) is 5.91 Å². The van der Waals surface area contributed by atoms with Gasteiger partial charge in [0.1, 0.15) is 5.75 Å². The average Bonchev–Trinajstić information content (AvgIpc) is 3.43. The lowest BCUT2D eigenvalue weighted by Crippen LogP contribution is -2.24. The zero-order valence-electron chi connectivity index (χ0n) is 19.0. The van der Waals surface area contributed by atoms with Gasteiger partial charge in [-0.15, -0.1) is 0 Å². The van der Waals surface area contributed by atoms with Gasteiger partial charge in [-0.05, 0) is 72.0 Å². The molecule has 1 amide bonds. The summed E-state index contributed by atoms with van der Waals surface area (Å²) in [6.07, 6.45) is 1.32. The zero-order valence-corrected chi connectivity index (χ0v) is 19.0. The van der Waals surface area contributed by atoms with E-state index in [1.807, 2.05) is 42.8 Å². The maximum atomic E-state index is 12.5. The fourth-order valence-corrected chi connectivity index (χ4v) is 4.28. The number of nitrogens with zero attached hydrogens (tertiary/aromatic N) is 2. The van der Waals surface area contributed by atoms with Crippen LogP contribution >= 0.6 is 0 Å². The molecule has 0 aliphatic carbocycles. The van der Waals surface area contributed by atoms with E-state index in [1.54, 1.807) is 0 Å². The van der Waals surface area contributed by atoms with Crippen molar-refractivity contribution >= 4 is 5.91 Å². The number of benzene rings is 3. The number of hydrogen-bond acceptors (Lipinski definition) is 3. The van der Waals surface area contributed by atoms with Gasteiger partial charge in [-0.3, -0.25) is 4.79 Å². The monoisotopic (exact) mass is 437 g/mol. The molecule has 0 atom stereocenters. The van der Waals surface area contributed by atoms with Gasteiger partial charge in [0.05, 0.1) is 24.4 Å². The van der Waals surface area contributed by atoms with Crippen LogP contribution < -0.4 is 10.1 Å². The highest BCUT2D eigenvalue weighted by atomic mass is 16.5. The van der Waals surface area contributed by atoms with Crippen LogP contribution in [0.3, 0.4) is 0 Å². The molecule has 0 unspecified atom stereocenters. The van der Waals surface area contributed by atoms with Gasteiger partial charge in [-0.2, -0.15) is 5.10 Å². The molecular formula is C28H27N3O2. The summed E-state index contributed by atoms with van der Waals surface area (Å²) in [5.41, 5.74) is 8.78. The molecule has 166 valence electrons. The first-order valence-corrected chi connectivity index (χ1v) is 11.3. The van der Waals surface area contributed by atoms with Crippen molar-refractivity contribution in [3.63, 3.8) is 0 Å². The number of ether oxygens (including phenoxy) is 1. The standard InChI is InChI=1S/C28H27N3O2/c1-19-15-20(2)31(30-19)26-10-5-21(6-11-26)16-28(32)29-18-22-3-7-23(8-4-22)24-9-12-27-25(17-24)13-14-33-27/h3-12,15,17H,13-14,16,18H2,1-2H3,(H,29,32). The van der Waals surface area contributed by atoms with Crippen molar-refractivity contribution in [2.75, 3.05) is 6.61 Å². The molecule has 5 nitrogen and oxygen atoms in total. The summed E-state index contributed by atoms with van der Waals surface area (Å²) in [5.74, 6) is 1.01. The second-order valence-corrected chi connectivity index (χ2v) is 8.58. The van der Waals surface area contributed by atoms with E-state index in [4.69, 9.17) is 4.74 Å². The number of nitrogens with one attached hydrogen (secondary N) is 1. The highest BCUT2D eigenvalue weighted by Crippen LogP contribution is 2.30. The van der Waals surface area contributed by atoms with Crippen molar-refractivity contribution in [1.82, 2.24) is 15.1 Å². The molecule has 0 saturated carbocycles. The predicted octanol–water partition coefficient (Wildman–Crippen LogP) is 4.95. The Morgan fingerprint density at radius 2 is 1.67 bits per heavy atom. The van der Waals surface area contributed by atoms with Crippen molar-refractivity contribution in [3.05, 3.63) is 101 Å². The lowest BCUT2D eigenvalue weighted by Gasteiger charge is -2.09. The first kappa shape index (κ1) is 21.0. The fourth-order valence-electron chi connectivity index (χ4n) is 4.28. The molecule has 5 rings (SSSR count). The quantitative estimate of drug-likeness (QED) is 0.464. The van der Waals surface area contributed by atoms with Crippen molar-refractivity contribution in [2.24, 2.45) is 0 Å². The lowest BCUT2D eigenvalue weighted by atomic mass is 10.0. The van der Waals surface area contributed by atoms with E-state index < -0.39 is 0 Å². The van der Waals surface area contributed by atoms with Crippen LogP contribution in [0.4, 0.5) is 0 Å². The summed E-state index contributed by atoms with van der Waals surface area (Å²) in [6, 6.07) is 24.8. The minimum atomic E-state index is 0.0107. The second kappa shape index (κ2) is 8.94. The van der Waals surface area contributed by atoms with Gasteiger partial charge in [0.15, 0.2) is 0 Å². The minimum absolute atomic E-state index is 0.0107. The molecule has 1 aliphatic heterocycles. The summed E-state index contributed by atoms with van der Waals surface area (Å²) >= 11 is 0. The molecule has 3 aromatic carbocycles. The highest BCUT2D eigenvalue weighted by molar-refractivity contribution is 5.78. The number of carbonyl (C=O) groups excluding carboxylic acids is 1. The Bertz CT molecular complexity index is 1290. The topological polar surface area (TPSA) is 56.2 Å². The van der Waals surface area contributed by atoms with E-state index in [2.05, 4.69) is 58.9 Å². The van der Waals surface area contributed by atoms with Crippen LogP contribution in [-0.4, -0.2) is 22.3 Å². The maximum Gasteiger partial charge on any atom is 0.224 e. The van der Waals surface area contributed by atoms with Crippen molar-refractivity contribution < 1.29 is 9.53 Å². The smallest absolute Gasteiger partial charge is 0.224 e. The van der Waals surface area contributed by atoms with Crippen molar-refractivity contribution in [1.29, 1.82) is 0 Å². The van der Waals surface area contributed by atoms with Crippen LogP contribution in [0, 0.1) is 13.8 Å². The molecule has 1 aliphatic rings. The fraction of sp³-hybridized carbons (Fsp3) is 0.214. The number of hydrogen-bond donors (Lipinski definition) is 1. The van der Waals surface area contributed by atoms with E-state index in [0.717, 1.165) is 47.0 Å². The Hall–Kier alpha value is -3.86. The van der Waals surface area contributed by atoms with Crippen LogP contribution in [0.5, 0.6) is 5.75 Å². The summed E-state index contributed by atoms with van der Waals surface area (Å²) < 4.78 is 7.51. The summed E-state index contributed by atoms with van der Waals surface area (Å²) in [7, 11) is 0. The number of aryl methyl sites for hydroxylation is 2. The van der Waals surface area contributed by atoms with Gasteiger partial charge < -0.3 is 10.1 Å². The Kier molecular flexibility index (Phi) is 5.69. The largest absolute Gasteiger partial charge is 0.493 e. The van der Waals surface area contributed by atoms with E-state index in [1.165, 1.54) is 16.7 Å². The number of amides is 1. The summed E-state index contributed by atoms with van der Waals surface area (Å²) in [6.45, 7) is 5.30. The predicted molar refractivity (Wildman–Crippen MR) is 130 cm³/mol. The normalized spacial score (nSPS) is 12.3. The third-order valence-electron chi connectivity index (χ3n) is 6.02. The molecule has 5 heteroatoms. The Morgan fingerprint density at radius 1 is 0.939 bits per heavy atom. The SMILES string of the molecule is Cc1cc(C)n(-c2ccc(CC(=O)NCc3ccc(-c4ccc5c(c4)CCO5)cc3)cc2)n1. The van der Waals surface area contributed by atoms with Gasteiger partial charge >= 0.3 is 0 Å². The first-order valence-electron chi connectivity index (χ1n) is 11.3. The Labute approximate surface area is 194 Å². The molecule has 1 aromatic heterocycles. The third kappa shape index (κ3) is 4.67. The number of carbonyl (C=O) groups is 1. The van der Waals surface area contributed by atoms with Crippen molar-refractivity contribution in [3.8, 4) is 22.6 Å². The molecule has 0 fully saturated rings. The molecule has 2 heterocycles. The number of rotatable bonds is 6. The van der Waals surface area contributed by atoms with E-state index >= 15 is 0 Å². The molecule has 0 bridgehead atoms. The molecule has 33 heavy (non-hydrogen) atoms. The van der Waals surface area contributed by atoms with Gasteiger partial charge in [0.25, 0.3) is 0 Å². The zero-order chi connectivity index (χ0) is 22.8. The highest BCUT2D eigenvalue weighted by Gasteiger charge is 2.12. The van der Waals surface area contributed by atoms with Crippen molar-refractivity contribution in [2.45, 2.75) is 33.2 Å². The first-order chi connectivity index (χ1) is 16.0. The van der Waals surface area contributed by atoms with Gasteiger partial charge in [0.2, 0.25) is 5.91 Å². The Morgan fingerprint density at radius 3 is 2.39 bits per heavy atom. The average molecular weight is 438 g/mol. The Balaban J connectivity index is 1.16. The summed E-state index contributed by atoms with van der Waals surface area (Å²) in [5, 5.41) is 7.53. The molecule has 0 radical (unpaired) electrons. The molecular weight excluding hydrogens is 410 g/mol. The van der Waals surface area contributed by atoms with Crippen LogP contribution in [0.15, 0.2) is 72.8 Å². The van der Waals surface area contributed by atoms with Crippen LogP contribution in [-0.2, 0) is 24.2 Å². The third-order valence-corrected chi connectivity index (χ3v) is 6.02. The van der Waals surface area contributed by atoms with Gasteiger partial charge in [-0.1, -0.05) is 42.5 Å². The summed E-state index contributed by atoms with van der Waals surface area (Å²) in [4.78, 5) is 12.5. The molecule has 0 saturated heterocycles. The second-order valence-electron chi connectivity index (χ2n) is 8.58.